The maximum Gasteiger partial charge on any atom is 0.354 e. The topological polar surface area (TPSA) is 58.4 Å². The number of carbonyl (C=O) groups is 1. The molecule has 3 aromatic rings. The Hall–Kier alpha value is -2.38. The zero-order valence-corrected chi connectivity index (χ0v) is 20.9. The minimum atomic E-state index is -0.337. The molecule has 8 heteroatoms. The van der Waals surface area contributed by atoms with Gasteiger partial charge >= 0.3 is 5.69 Å². The largest absolute Gasteiger partial charge is 0.354 e. The molecule has 1 atom stereocenters. The van der Waals surface area contributed by atoms with Crippen LogP contribution < -0.4 is 10.6 Å². The fourth-order valence-corrected chi connectivity index (χ4v) is 4.89. The predicted octanol–water partition coefficient (Wildman–Crippen LogP) is 4.98. The minimum Gasteiger partial charge on any atom is -0.350 e. The van der Waals surface area contributed by atoms with Crippen molar-refractivity contribution < 1.29 is 4.79 Å². The number of anilines is 1. The summed E-state index contributed by atoms with van der Waals surface area (Å²) in [5, 5.41) is 1.36. The molecule has 0 N–H and O–H groups in total. The lowest BCUT2D eigenvalue weighted by Crippen LogP contribution is -2.54. The third kappa shape index (κ3) is 4.04. The second-order valence-corrected chi connectivity index (χ2v) is 9.82. The van der Waals surface area contributed by atoms with Crippen molar-refractivity contribution in [1.82, 2.24) is 14.5 Å². The lowest BCUT2D eigenvalue weighted by molar-refractivity contribution is -0.129. The van der Waals surface area contributed by atoms with E-state index in [2.05, 4.69) is 39.7 Å². The second kappa shape index (κ2) is 8.87. The van der Waals surface area contributed by atoms with Crippen molar-refractivity contribution in [2.45, 2.75) is 39.7 Å². The molecule has 1 aliphatic heterocycles. The van der Waals surface area contributed by atoms with Gasteiger partial charge in [-0.25, -0.2) is 4.79 Å². The van der Waals surface area contributed by atoms with Gasteiger partial charge < -0.3 is 9.80 Å². The highest BCUT2D eigenvalue weighted by Crippen LogP contribution is 2.35. The highest BCUT2D eigenvalue weighted by molar-refractivity contribution is 9.10. The van der Waals surface area contributed by atoms with Crippen molar-refractivity contribution in [2.75, 3.05) is 24.5 Å². The first-order valence-electron chi connectivity index (χ1n) is 10.7. The Morgan fingerprint density at radius 1 is 1.22 bits per heavy atom. The number of amides is 1. The third-order valence-corrected chi connectivity index (χ3v) is 7.25. The summed E-state index contributed by atoms with van der Waals surface area (Å²) >= 11 is 10.0. The van der Waals surface area contributed by atoms with Crippen LogP contribution in [-0.4, -0.2) is 46.0 Å². The third-order valence-electron chi connectivity index (χ3n) is 6.06. The van der Waals surface area contributed by atoms with Crippen LogP contribution >= 0.6 is 27.5 Å². The Bertz CT molecular complexity index is 1260. The van der Waals surface area contributed by atoms with Gasteiger partial charge in [-0.2, -0.15) is 4.98 Å². The molecule has 4 rings (SSSR count). The maximum atomic E-state index is 13.5. The number of rotatable bonds is 3. The molecule has 1 aromatic heterocycles. The van der Waals surface area contributed by atoms with Gasteiger partial charge in [0.15, 0.2) is 0 Å². The normalized spacial score (nSPS) is 16.8. The number of halogens is 2. The van der Waals surface area contributed by atoms with E-state index >= 15 is 0 Å². The monoisotopic (exact) mass is 516 g/mol. The molecule has 1 fully saturated rings. The molecule has 168 valence electrons. The van der Waals surface area contributed by atoms with Gasteiger partial charge in [-0.05, 0) is 52.5 Å². The Balaban J connectivity index is 1.96. The number of benzene rings is 2. The van der Waals surface area contributed by atoms with Crippen LogP contribution in [-0.2, 0) is 4.79 Å². The van der Waals surface area contributed by atoms with E-state index < -0.39 is 0 Å². The average Bonchev–Trinajstić information content (AvgIpc) is 2.74. The Labute approximate surface area is 200 Å². The van der Waals surface area contributed by atoms with Gasteiger partial charge in [0.1, 0.15) is 5.82 Å². The number of nitrogens with zero attached hydrogens (tertiary/aromatic N) is 4. The summed E-state index contributed by atoms with van der Waals surface area (Å²) < 4.78 is 2.39. The first-order chi connectivity index (χ1) is 15.2. The van der Waals surface area contributed by atoms with Gasteiger partial charge in [-0.3, -0.25) is 9.36 Å². The summed E-state index contributed by atoms with van der Waals surface area (Å²) in [6, 6.07) is 11.7. The van der Waals surface area contributed by atoms with Gasteiger partial charge in [0.05, 0.1) is 16.2 Å². The number of hydrogen-bond donors (Lipinski definition) is 0. The Morgan fingerprint density at radius 3 is 2.59 bits per heavy atom. The van der Waals surface area contributed by atoms with Crippen molar-refractivity contribution >= 4 is 50.2 Å². The van der Waals surface area contributed by atoms with Crippen LogP contribution in [0.3, 0.4) is 0 Å². The molecule has 0 unspecified atom stereocenters. The van der Waals surface area contributed by atoms with Crippen LogP contribution in [0.2, 0.25) is 5.02 Å². The van der Waals surface area contributed by atoms with Gasteiger partial charge in [0.25, 0.3) is 0 Å². The van der Waals surface area contributed by atoms with Crippen LogP contribution in [0.5, 0.6) is 0 Å². The summed E-state index contributed by atoms with van der Waals surface area (Å²) in [5.74, 6) is 0.902. The minimum absolute atomic E-state index is 0.0176. The summed E-state index contributed by atoms with van der Waals surface area (Å²) in [6.07, 6.45) is 0. The number of aromatic nitrogens is 2. The van der Waals surface area contributed by atoms with Crippen molar-refractivity contribution in [3.63, 3.8) is 0 Å². The molecule has 6 nitrogen and oxygen atoms in total. The van der Waals surface area contributed by atoms with Crippen LogP contribution in [0.25, 0.3) is 16.6 Å². The highest BCUT2D eigenvalue weighted by atomic mass is 79.9. The van der Waals surface area contributed by atoms with E-state index in [0.29, 0.717) is 34.9 Å². The molecule has 1 saturated heterocycles. The molecular weight excluding hydrogens is 492 g/mol. The molecule has 0 bridgehead atoms. The van der Waals surface area contributed by atoms with Crippen molar-refractivity contribution in [3.8, 4) is 5.69 Å². The zero-order valence-electron chi connectivity index (χ0n) is 18.6. The molecule has 0 spiro atoms. The number of carbonyl (C=O) groups excluding carboxylic acids is 1. The Kier molecular flexibility index (Phi) is 6.32. The molecule has 0 radical (unpaired) electrons. The molecule has 1 amide bonds. The predicted molar refractivity (Wildman–Crippen MR) is 133 cm³/mol. The lowest BCUT2D eigenvalue weighted by Gasteiger charge is -2.40. The molecule has 0 aliphatic carbocycles. The first kappa shape index (κ1) is 22.8. The quantitative estimate of drug-likeness (QED) is 0.492. The van der Waals surface area contributed by atoms with E-state index in [4.69, 9.17) is 11.6 Å². The Morgan fingerprint density at radius 2 is 1.94 bits per heavy atom. The fourth-order valence-electron chi connectivity index (χ4n) is 4.39. The van der Waals surface area contributed by atoms with E-state index in [1.54, 1.807) is 11.5 Å². The van der Waals surface area contributed by atoms with Crippen LogP contribution in [0.4, 0.5) is 5.82 Å². The van der Waals surface area contributed by atoms with Gasteiger partial charge in [-0.15, -0.1) is 0 Å². The van der Waals surface area contributed by atoms with Crippen molar-refractivity contribution in [1.29, 1.82) is 0 Å². The summed E-state index contributed by atoms with van der Waals surface area (Å²) in [5.41, 5.74) is 2.29. The maximum absolute atomic E-state index is 13.5. The molecule has 32 heavy (non-hydrogen) atoms. The fraction of sp³-hybridized carbons (Fsp3) is 0.375. The molecule has 2 aromatic carbocycles. The standard InChI is InChI=1S/C24H26BrClN4O2/c1-14(2)17-7-5-6-8-21(17)30-22-12-19(25)20(26)11-18(22)23(27-24(30)32)29-10-9-28(16(4)31)13-15(29)3/h5-8,11-12,14-15H,9-10,13H2,1-4H3/t15-/m0/s1. The van der Waals surface area contributed by atoms with Crippen LogP contribution in [0.15, 0.2) is 45.7 Å². The van der Waals surface area contributed by atoms with Crippen LogP contribution in [0.1, 0.15) is 39.2 Å². The molecule has 1 aliphatic rings. The smallest absolute Gasteiger partial charge is 0.350 e. The van der Waals surface area contributed by atoms with E-state index in [0.717, 1.165) is 22.2 Å². The lowest BCUT2D eigenvalue weighted by atomic mass is 10.0. The summed E-state index contributed by atoms with van der Waals surface area (Å²) in [6.45, 7) is 9.62. The van der Waals surface area contributed by atoms with E-state index in [1.807, 2.05) is 48.2 Å². The van der Waals surface area contributed by atoms with Gasteiger partial charge in [-0.1, -0.05) is 43.6 Å². The highest BCUT2D eigenvalue weighted by Gasteiger charge is 2.29. The zero-order chi connectivity index (χ0) is 23.2. The number of piperazine rings is 1. The summed E-state index contributed by atoms with van der Waals surface area (Å²) in [4.78, 5) is 33.8. The second-order valence-electron chi connectivity index (χ2n) is 8.56. The number of fused-ring (bicyclic) bond motifs is 1. The number of para-hydroxylation sites is 1. The molecular formula is C24H26BrClN4O2. The first-order valence-corrected chi connectivity index (χ1v) is 11.9. The van der Waals surface area contributed by atoms with E-state index in [-0.39, 0.29) is 23.6 Å². The SMILES string of the molecule is CC(=O)N1CCN(c2nc(=O)n(-c3ccccc3C(C)C)c3cc(Br)c(Cl)cc23)[C@@H](C)C1. The van der Waals surface area contributed by atoms with Crippen LogP contribution in [0, 0.1) is 0 Å². The average molecular weight is 518 g/mol. The van der Waals surface area contributed by atoms with Gasteiger partial charge in [0, 0.05) is 42.5 Å². The summed E-state index contributed by atoms with van der Waals surface area (Å²) in [7, 11) is 0. The van der Waals surface area contributed by atoms with Gasteiger partial charge in [0.2, 0.25) is 5.91 Å². The molecule has 2 heterocycles. The van der Waals surface area contributed by atoms with E-state index in [9.17, 15) is 9.59 Å². The van der Waals surface area contributed by atoms with Crippen molar-refractivity contribution in [2.24, 2.45) is 0 Å². The molecule has 0 saturated carbocycles. The van der Waals surface area contributed by atoms with Crippen molar-refractivity contribution in [3.05, 3.63) is 61.9 Å². The number of hydrogen-bond acceptors (Lipinski definition) is 4. The van der Waals surface area contributed by atoms with E-state index in [1.165, 1.54) is 0 Å².